The number of H-pyrrole nitrogens is 1. The van der Waals surface area contributed by atoms with Crippen LogP contribution in [0.4, 0.5) is 0 Å². The Morgan fingerprint density at radius 1 is 1.27 bits per heavy atom. The van der Waals surface area contributed by atoms with Crippen molar-refractivity contribution in [3.8, 4) is 0 Å². The zero-order valence-corrected chi connectivity index (χ0v) is 15.1. The zero-order valence-electron chi connectivity index (χ0n) is 15.1. The van der Waals surface area contributed by atoms with Gasteiger partial charge >= 0.3 is 0 Å². The number of nitrogens with one attached hydrogen (secondary N) is 2. The summed E-state index contributed by atoms with van der Waals surface area (Å²) in [5, 5.41) is 10.9. The fraction of sp³-hybridized carbons (Fsp3) is 0.389. The molecule has 0 saturated carbocycles. The first-order chi connectivity index (χ1) is 12.4. The summed E-state index contributed by atoms with van der Waals surface area (Å²) in [5.74, 6) is 0.125. The smallest absolute Gasteiger partial charge is 0.263 e. The molecule has 3 rings (SSSR count). The number of hydrogen-bond donors (Lipinski definition) is 2. The van der Waals surface area contributed by atoms with Crippen molar-refractivity contribution in [2.24, 2.45) is 0 Å². The lowest BCUT2D eigenvalue weighted by Crippen LogP contribution is -2.33. The number of para-hydroxylation sites is 1. The minimum Gasteiger partial charge on any atom is -0.352 e. The average Bonchev–Trinajstić information content (AvgIpc) is 3.01. The molecule has 0 aliphatic heterocycles. The number of benzene rings is 1. The first kappa shape index (κ1) is 17.8. The minimum atomic E-state index is -0.428. The highest BCUT2D eigenvalue weighted by Gasteiger charge is 2.19. The van der Waals surface area contributed by atoms with E-state index in [0.29, 0.717) is 25.3 Å². The Balaban J connectivity index is 1.57. The van der Waals surface area contributed by atoms with Crippen molar-refractivity contribution in [3.63, 3.8) is 0 Å². The van der Waals surface area contributed by atoms with Gasteiger partial charge in [-0.05, 0) is 18.6 Å². The van der Waals surface area contributed by atoms with Crippen LogP contribution in [0.5, 0.6) is 0 Å². The third-order valence-corrected chi connectivity index (χ3v) is 4.01. The summed E-state index contributed by atoms with van der Waals surface area (Å²) >= 11 is 0. The summed E-state index contributed by atoms with van der Waals surface area (Å²) in [7, 11) is 0. The lowest BCUT2D eigenvalue weighted by molar-refractivity contribution is 0.0950. The first-order valence-electron chi connectivity index (χ1n) is 8.52. The maximum absolute atomic E-state index is 12.2. The topological polar surface area (TPSA) is 106 Å². The molecule has 0 aliphatic carbocycles. The van der Waals surface area contributed by atoms with E-state index in [-0.39, 0.29) is 11.0 Å². The number of aromatic amines is 1. The van der Waals surface area contributed by atoms with Gasteiger partial charge in [-0.2, -0.15) is 0 Å². The van der Waals surface area contributed by atoms with E-state index in [9.17, 15) is 9.59 Å². The molecule has 0 saturated heterocycles. The quantitative estimate of drug-likeness (QED) is 0.678. The van der Waals surface area contributed by atoms with Gasteiger partial charge in [0.05, 0.1) is 5.52 Å². The first-order valence-corrected chi connectivity index (χ1v) is 8.52. The third-order valence-electron chi connectivity index (χ3n) is 4.01. The van der Waals surface area contributed by atoms with Crippen LogP contribution in [0, 0.1) is 0 Å². The average molecular weight is 354 g/mol. The molecule has 8 nitrogen and oxygen atoms in total. The molecule has 26 heavy (non-hydrogen) atoms. The van der Waals surface area contributed by atoms with Crippen molar-refractivity contribution in [2.75, 3.05) is 6.54 Å². The number of fused-ring (bicyclic) bond motifs is 1. The van der Waals surface area contributed by atoms with Crippen LogP contribution in [0.2, 0.25) is 0 Å². The van der Waals surface area contributed by atoms with Gasteiger partial charge in [0.1, 0.15) is 16.9 Å². The normalized spacial score (nSPS) is 11.7. The standard InChI is InChI=1S/C18H22N6O2/c1-18(2,3)17-20-11-12(16(26)21-17)15(25)19-9-6-10-24-14-8-5-4-7-13(14)22-23-24/h4-5,7-8,11H,6,9-10H2,1-3H3,(H,19,25)(H,20,21,26). The Morgan fingerprint density at radius 3 is 2.77 bits per heavy atom. The van der Waals surface area contributed by atoms with Crippen LogP contribution < -0.4 is 10.9 Å². The van der Waals surface area contributed by atoms with Gasteiger partial charge < -0.3 is 10.3 Å². The van der Waals surface area contributed by atoms with E-state index in [2.05, 4.69) is 25.6 Å². The molecule has 2 N–H and O–H groups in total. The molecule has 8 heteroatoms. The number of aromatic nitrogens is 5. The molecule has 0 atom stereocenters. The zero-order chi connectivity index (χ0) is 18.7. The highest BCUT2D eigenvalue weighted by molar-refractivity contribution is 5.93. The van der Waals surface area contributed by atoms with Crippen LogP contribution in [0.1, 0.15) is 43.4 Å². The molecule has 136 valence electrons. The monoisotopic (exact) mass is 354 g/mol. The van der Waals surface area contributed by atoms with E-state index in [1.807, 2.05) is 45.0 Å². The molecule has 0 aliphatic rings. The summed E-state index contributed by atoms with van der Waals surface area (Å²) in [6.07, 6.45) is 2.00. The van der Waals surface area contributed by atoms with E-state index in [1.54, 1.807) is 4.68 Å². The van der Waals surface area contributed by atoms with Crippen LogP contribution in [0.3, 0.4) is 0 Å². The fourth-order valence-electron chi connectivity index (χ4n) is 2.55. The van der Waals surface area contributed by atoms with Gasteiger partial charge in [0.15, 0.2) is 0 Å². The molecule has 0 unspecified atom stereocenters. The van der Waals surface area contributed by atoms with E-state index in [4.69, 9.17) is 0 Å². The predicted octanol–water partition coefficient (Wildman–Crippen LogP) is 1.63. The SMILES string of the molecule is CC(C)(C)c1ncc(C(=O)NCCCn2nnc3ccccc32)c(=O)[nH]1. The number of amides is 1. The Labute approximate surface area is 150 Å². The third kappa shape index (κ3) is 3.79. The van der Waals surface area contributed by atoms with Gasteiger partial charge in [0.25, 0.3) is 11.5 Å². The van der Waals surface area contributed by atoms with Crippen molar-refractivity contribution >= 4 is 16.9 Å². The molecule has 0 radical (unpaired) electrons. The highest BCUT2D eigenvalue weighted by atomic mass is 16.2. The predicted molar refractivity (Wildman–Crippen MR) is 98.0 cm³/mol. The van der Waals surface area contributed by atoms with Gasteiger partial charge in [-0.1, -0.05) is 38.1 Å². The molecule has 0 bridgehead atoms. The Bertz CT molecular complexity index is 983. The Morgan fingerprint density at radius 2 is 2.04 bits per heavy atom. The number of carbonyl (C=O) groups is 1. The van der Waals surface area contributed by atoms with Crippen molar-refractivity contribution in [2.45, 2.75) is 39.2 Å². The van der Waals surface area contributed by atoms with Crippen LogP contribution in [0.15, 0.2) is 35.3 Å². The highest BCUT2D eigenvalue weighted by Crippen LogP contribution is 2.16. The number of rotatable bonds is 5. The van der Waals surface area contributed by atoms with Crippen molar-refractivity contribution < 1.29 is 4.79 Å². The summed E-state index contributed by atoms with van der Waals surface area (Å²) < 4.78 is 1.80. The maximum Gasteiger partial charge on any atom is 0.263 e. The molecular formula is C18H22N6O2. The minimum absolute atomic E-state index is 0.0178. The van der Waals surface area contributed by atoms with Crippen molar-refractivity contribution in [1.82, 2.24) is 30.3 Å². The van der Waals surface area contributed by atoms with Crippen LogP contribution in [-0.4, -0.2) is 37.4 Å². The van der Waals surface area contributed by atoms with Crippen LogP contribution >= 0.6 is 0 Å². The Hall–Kier alpha value is -3.03. The van der Waals surface area contributed by atoms with Gasteiger partial charge in [0, 0.05) is 24.7 Å². The second kappa shape index (κ2) is 7.07. The van der Waals surface area contributed by atoms with Gasteiger partial charge in [-0.15, -0.1) is 5.10 Å². The maximum atomic E-state index is 12.2. The number of hydrogen-bond acceptors (Lipinski definition) is 5. The van der Waals surface area contributed by atoms with Gasteiger partial charge in [0.2, 0.25) is 0 Å². The van der Waals surface area contributed by atoms with Gasteiger partial charge in [-0.25, -0.2) is 9.67 Å². The second-order valence-electron chi connectivity index (χ2n) is 7.14. The summed E-state index contributed by atoms with van der Waals surface area (Å²) in [5.41, 5.74) is 1.11. The molecule has 1 amide bonds. The van der Waals surface area contributed by atoms with Crippen LogP contribution in [-0.2, 0) is 12.0 Å². The van der Waals surface area contributed by atoms with Crippen LogP contribution in [0.25, 0.3) is 11.0 Å². The van der Waals surface area contributed by atoms with E-state index in [0.717, 1.165) is 11.0 Å². The molecule has 2 aromatic heterocycles. The van der Waals surface area contributed by atoms with Crippen molar-refractivity contribution in [1.29, 1.82) is 0 Å². The number of carbonyl (C=O) groups excluding carboxylic acids is 1. The second-order valence-corrected chi connectivity index (χ2v) is 7.14. The summed E-state index contributed by atoms with van der Waals surface area (Å²) in [6, 6.07) is 7.71. The Kier molecular flexibility index (Phi) is 4.83. The molecule has 1 aromatic carbocycles. The molecular weight excluding hydrogens is 332 g/mol. The molecule has 2 heterocycles. The summed E-state index contributed by atoms with van der Waals surface area (Å²) in [4.78, 5) is 31.2. The number of nitrogens with zero attached hydrogens (tertiary/aromatic N) is 4. The molecule has 3 aromatic rings. The molecule has 0 fully saturated rings. The largest absolute Gasteiger partial charge is 0.352 e. The van der Waals surface area contributed by atoms with E-state index < -0.39 is 11.5 Å². The fourth-order valence-corrected chi connectivity index (χ4v) is 2.55. The number of aryl methyl sites for hydroxylation is 1. The lowest BCUT2D eigenvalue weighted by atomic mass is 9.96. The van der Waals surface area contributed by atoms with E-state index in [1.165, 1.54) is 6.20 Å². The van der Waals surface area contributed by atoms with Crippen molar-refractivity contribution in [3.05, 3.63) is 52.2 Å². The molecule has 0 spiro atoms. The lowest BCUT2D eigenvalue weighted by Gasteiger charge is -2.16. The van der Waals surface area contributed by atoms with Gasteiger partial charge in [-0.3, -0.25) is 9.59 Å². The van der Waals surface area contributed by atoms with E-state index >= 15 is 0 Å². The summed E-state index contributed by atoms with van der Waals surface area (Å²) in [6.45, 7) is 6.88.